The summed E-state index contributed by atoms with van der Waals surface area (Å²) in [6.07, 6.45) is 6.70. The summed E-state index contributed by atoms with van der Waals surface area (Å²) in [5.41, 5.74) is 3.29. The molecule has 0 saturated heterocycles. The topological polar surface area (TPSA) is 74.3 Å². The summed E-state index contributed by atoms with van der Waals surface area (Å²) in [7, 11) is 0. The largest absolute Gasteiger partial charge is 0.353 e. The van der Waals surface area contributed by atoms with Gasteiger partial charge in [-0.2, -0.15) is 0 Å². The van der Waals surface area contributed by atoms with Crippen molar-refractivity contribution < 1.29 is 9.59 Å². The lowest BCUT2D eigenvalue weighted by atomic mass is 9.88. The van der Waals surface area contributed by atoms with Crippen LogP contribution in [0, 0.1) is 0 Å². The predicted octanol–water partition coefficient (Wildman–Crippen LogP) is 7.19. The predicted molar refractivity (Wildman–Crippen MR) is 159 cm³/mol. The zero-order chi connectivity index (χ0) is 26.9. The first kappa shape index (κ1) is 26.9. The summed E-state index contributed by atoms with van der Waals surface area (Å²) < 4.78 is 1.03. The summed E-state index contributed by atoms with van der Waals surface area (Å²) in [5, 5.41) is 6.76. The molecule has 1 heterocycles. The molecule has 39 heavy (non-hydrogen) atoms. The van der Waals surface area contributed by atoms with E-state index in [9.17, 15) is 9.59 Å². The van der Waals surface area contributed by atoms with Crippen LogP contribution in [0.4, 0.5) is 9.93 Å². The summed E-state index contributed by atoms with van der Waals surface area (Å²) in [4.78, 5) is 32.7. The van der Waals surface area contributed by atoms with Gasteiger partial charge in [0.2, 0.25) is 5.91 Å². The van der Waals surface area contributed by atoms with Gasteiger partial charge in [0.1, 0.15) is 0 Å². The number of benzene rings is 3. The number of carbonyl (C=O) groups excluding carboxylic acids is 2. The number of hydrogen-bond donors (Lipinski definition) is 2. The van der Waals surface area contributed by atoms with Crippen molar-refractivity contribution >= 4 is 38.6 Å². The summed E-state index contributed by atoms with van der Waals surface area (Å²) in [5.74, 6) is 0.156. The Morgan fingerprint density at radius 3 is 2.15 bits per heavy atom. The number of nitrogens with one attached hydrogen (secondary N) is 2. The first-order valence-corrected chi connectivity index (χ1v) is 14.8. The highest BCUT2D eigenvalue weighted by atomic mass is 32.1. The zero-order valence-electron chi connectivity index (χ0n) is 22.2. The highest BCUT2D eigenvalue weighted by Gasteiger charge is 2.22. The van der Waals surface area contributed by atoms with Gasteiger partial charge in [0.25, 0.3) is 0 Å². The fraction of sp³-hybridized carbons (Fsp3) is 0.344. The Morgan fingerprint density at radius 2 is 1.49 bits per heavy atom. The number of thiazole rings is 1. The molecule has 0 unspecified atom stereocenters. The number of urea groups is 1. The van der Waals surface area contributed by atoms with E-state index >= 15 is 0 Å². The molecule has 0 bridgehead atoms. The van der Waals surface area contributed by atoms with Gasteiger partial charge >= 0.3 is 6.03 Å². The molecule has 3 amide bonds. The molecule has 4 aromatic rings. The van der Waals surface area contributed by atoms with E-state index < -0.39 is 0 Å². The van der Waals surface area contributed by atoms with E-state index in [-0.39, 0.29) is 30.3 Å². The minimum absolute atomic E-state index is 0.0161. The quantitative estimate of drug-likeness (QED) is 0.224. The van der Waals surface area contributed by atoms with Crippen LogP contribution in [0.25, 0.3) is 10.2 Å². The van der Waals surface area contributed by atoms with Crippen LogP contribution in [-0.4, -0.2) is 41.0 Å². The van der Waals surface area contributed by atoms with Crippen molar-refractivity contribution in [3.8, 4) is 0 Å². The lowest BCUT2D eigenvalue weighted by Gasteiger charge is -2.27. The van der Waals surface area contributed by atoms with Gasteiger partial charge in [0.05, 0.1) is 10.2 Å². The van der Waals surface area contributed by atoms with Crippen molar-refractivity contribution in [2.75, 3.05) is 18.4 Å². The van der Waals surface area contributed by atoms with Crippen LogP contribution in [-0.2, 0) is 4.79 Å². The molecule has 2 N–H and O–H groups in total. The zero-order valence-corrected chi connectivity index (χ0v) is 23.0. The van der Waals surface area contributed by atoms with E-state index in [0.717, 1.165) is 29.5 Å². The van der Waals surface area contributed by atoms with E-state index in [1.54, 1.807) is 4.90 Å². The standard InChI is InChI=1S/C32H36N4O2S/c37-30(33-26-16-8-3-9-17-26)21-23-36(32(38)35-31-34-28-18-10-11-19-29(28)39-31)22-20-27(24-12-4-1-5-13-24)25-14-6-2-7-15-25/h1-2,4-7,10-15,18-19,26-27H,3,8-9,16-17,20-23H2,(H,33,37)(H,34,35,38). The lowest BCUT2D eigenvalue weighted by Crippen LogP contribution is -2.41. The van der Waals surface area contributed by atoms with E-state index in [1.807, 2.05) is 36.4 Å². The molecule has 1 aromatic heterocycles. The maximum Gasteiger partial charge on any atom is 0.323 e. The van der Waals surface area contributed by atoms with Gasteiger partial charge < -0.3 is 10.2 Å². The Labute approximate surface area is 234 Å². The van der Waals surface area contributed by atoms with Crippen LogP contribution in [0.2, 0.25) is 0 Å². The van der Waals surface area contributed by atoms with E-state index in [2.05, 4.69) is 64.1 Å². The number of amides is 3. The highest BCUT2D eigenvalue weighted by Crippen LogP contribution is 2.29. The second-order valence-electron chi connectivity index (χ2n) is 10.2. The minimum atomic E-state index is -0.223. The van der Waals surface area contributed by atoms with Gasteiger partial charge in [-0.1, -0.05) is 103 Å². The molecule has 1 saturated carbocycles. The molecule has 3 aromatic carbocycles. The van der Waals surface area contributed by atoms with Crippen molar-refractivity contribution in [2.24, 2.45) is 0 Å². The van der Waals surface area contributed by atoms with E-state index in [0.29, 0.717) is 18.2 Å². The van der Waals surface area contributed by atoms with Gasteiger partial charge in [-0.25, -0.2) is 9.78 Å². The molecule has 1 aliphatic rings. The van der Waals surface area contributed by atoms with Gasteiger partial charge in [-0.15, -0.1) is 0 Å². The minimum Gasteiger partial charge on any atom is -0.353 e. The van der Waals surface area contributed by atoms with Crippen LogP contribution in [0.1, 0.15) is 62.0 Å². The molecular weight excluding hydrogens is 504 g/mol. The second kappa shape index (κ2) is 13.4. The van der Waals surface area contributed by atoms with Crippen LogP contribution in [0.15, 0.2) is 84.9 Å². The first-order chi connectivity index (χ1) is 19.2. The van der Waals surface area contributed by atoms with Crippen molar-refractivity contribution in [2.45, 2.75) is 56.9 Å². The number of para-hydroxylation sites is 1. The molecule has 1 aliphatic carbocycles. The molecule has 0 aliphatic heterocycles. The maximum absolute atomic E-state index is 13.5. The molecule has 1 fully saturated rings. The highest BCUT2D eigenvalue weighted by molar-refractivity contribution is 7.22. The molecule has 0 radical (unpaired) electrons. The van der Waals surface area contributed by atoms with Crippen LogP contribution >= 0.6 is 11.3 Å². The van der Waals surface area contributed by atoms with Crippen molar-refractivity contribution in [1.29, 1.82) is 0 Å². The van der Waals surface area contributed by atoms with Gasteiger partial charge in [0, 0.05) is 31.5 Å². The summed E-state index contributed by atoms with van der Waals surface area (Å²) in [6.45, 7) is 0.869. The Kier molecular flexibility index (Phi) is 9.22. The molecule has 7 heteroatoms. The third-order valence-electron chi connectivity index (χ3n) is 7.47. The molecule has 0 spiro atoms. The fourth-order valence-corrected chi connectivity index (χ4v) is 6.23. The number of fused-ring (bicyclic) bond motifs is 1. The average Bonchev–Trinajstić information content (AvgIpc) is 3.38. The molecule has 6 nitrogen and oxygen atoms in total. The third kappa shape index (κ3) is 7.45. The Hall–Kier alpha value is -3.71. The summed E-state index contributed by atoms with van der Waals surface area (Å²) in [6, 6.07) is 28.7. The molecule has 202 valence electrons. The molecular formula is C32H36N4O2S. The Bertz CT molecular complexity index is 1280. The van der Waals surface area contributed by atoms with Crippen molar-refractivity contribution in [3.63, 3.8) is 0 Å². The van der Waals surface area contributed by atoms with Crippen molar-refractivity contribution in [1.82, 2.24) is 15.2 Å². The summed E-state index contributed by atoms with van der Waals surface area (Å²) >= 11 is 1.46. The normalized spacial score (nSPS) is 13.9. The third-order valence-corrected chi connectivity index (χ3v) is 8.42. The monoisotopic (exact) mass is 540 g/mol. The van der Waals surface area contributed by atoms with Crippen molar-refractivity contribution in [3.05, 3.63) is 96.1 Å². The fourth-order valence-electron chi connectivity index (χ4n) is 5.38. The van der Waals surface area contributed by atoms with Crippen LogP contribution in [0.3, 0.4) is 0 Å². The lowest BCUT2D eigenvalue weighted by molar-refractivity contribution is -0.122. The first-order valence-electron chi connectivity index (χ1n) is 14.0. The second-order valence-corrected chi connectivity index (χ2v) is 11.2. The number of anilines is 1. The molecule has 5 rings (SSSR count). The van der Waals surface area contributed by atoms with Crippen LogP contribution < -0.4 is 10.6 Å². The van der Waals surface area contributed by atoms with Gasteiger partial charge in [-0.3, -0.25) is 10.1 Å². The molecule has 0 atom stereocenters. The number of nitrogens with zero attached hydrogens (tertiary/aromatic N) is 2. The Morgan fingerprint density at radius 1 is 0.846 bits per heavy atom. The Balaban J connectivity index is 1.30. The SMILES string of the molecule is O=C(CCN(CCC(c1ccccc1)c1ccccc1)C(=O)Nc1nc2ccccc2s1)NC1CCCCC1. The average molecular weight is 541 g/mol. The van der Waals surface area contributed by atoms with Gasteiger partial charge in [-0.05, 0) is 42.5 Å². The number of carbonyl (C=O) groups is 2. The maximum atomic E-state index is 13.5. The smallest absolute Gasteiger partial charge is 0.323 e. The number of rotatable bonds is 10. The van der Waals surface area contributed by atoms with E-state index in [1.165, 1.54) is 41.7 Å². The van der Waals surface area contributed by atoms with Gasteiger partial charge in [0.15, 0.2) is 5.13 Å². The number of hydrogen-bond acceptors (Lipinski definition) is 4. The number of aromatic nitrogens is 1. The van der Waals surface area contributed by atoms with Crippen LogP contribution in [0.5, 0.6) is 0 Å². The van der Waals surface area contributed by atoms with E-state index in [4.69, 9.17) is 0 Å².